The predicted octanol–water partition coefficient (Wildman–Crippen LogP) is -1.34. The van der Waals surface area contributed by atoms with Crippen molar-refractivity contribution in [3.05, 3.63) is 12.5 Å². The summed E-state index contributed by atoms with van der Waals surface area (Å²) in [7, 11) is -3.39. The van der Waals surface area contributed by atoms with Gasteiger partial charge < -0.3 is 10.3 Å². The molecule has 3 N–H and O–H groups in total. The van der Waals surface area contributed by atoms with Gasteiger partial charge in [0.05, 0.1) is 12.5 Å². The van der Waals surface area contributed by atoms with E-state index >= 15 is 0 Å². The number of nitrogens with one attached hydrogen (secondary N) is 3. The molecule has 0 radical (unpaired) electrons. The average Bonchev–Trinajstić information content (AvgIpc) is 2.49. The van der Waals surface area contributed by atoms with Crippen molar-refractivity contribution >= 4 is 10.0 Å². The molecule has 0 atom stereocenters. The van der Waals surface area contributed by atoms with E-state index in [1.807, 2.05) is 0 Å². The van der Waals surface area contributed by atoms with Crippen LogP contribution in [-0.4, -0.2) is 37.5 Å². The number of hydrogen-bond donors (Lipinski definition) is 3. The maximum Gasteiger partial charge on any atom is 0.257 e. The summed E-state index contributed by atoms with van der Waals surface area (Å²) in [5.74, 6) is 0. The van der Waals surface area contributed by atoms with Gasteiger partial charge in [0.25, 0.3) is 10.0 Å². The fourth-order valence-electron chi connectivity index (χ4n) is 1.04. The molecular formula is C6H10N4O2S. The van der Waals surface area contributed by atoms with Crippen molar-refractivity contribution in [1.29, 1.82) is 0 Å². The first kappa shape index (κ1) is 8.67. The number of rotatable bonds is 3. The Labute approximate surface area is 75.8 Å². The van der Waals surface area contributed by atoms with Crippen molar-refractivity contribution in [1.82, 2.24) is 20.0 Å². The van der Waals surface area contributed by atoms with Crippen LogP contribution < -0.4 is 10.0 Å². The molecule has 72 valence electrons. The lowest BCUT2D eigenvalue weighted by molar-refractivity contribution is 0.410. The monoisotopic (exact) mass is 202 g/mol. The number of H-pyrrole nitrogens is 1. The third kappa shape index (κ3) is 1.71. The minimum Gasteiger partial charge on any atom is -0.335 e. The van der Waals surface area contributed by atoms with Crippen LogP contribution in [0.5, 0.6) is 0 Å². The van der Waals surface area contributed by atoms with Crippen molar-refractivity contribution in [2.45, 2.75) is 11.1 Å². The molecule has 0 amide bonds. The summed E-state index contributed by atoms with van der Waals surface area (Å²) < 4.78 is 25.5. The molecule has 0 aromatic carbocycles. The molecule has 13 heavy (non-hydrogen) atoms. The minimum absolute atomic E-state index is 0.00769. The lowest BCUT2D eigenvalue weighted by atomic mass is 10.2. The van der Waals surface area contributed by atoms with E-state index < -0.39 is 10.0 Å². The summed E-state index contributed by atoms with van der Waals surface area (Å²) in [5, 5.41) is 3.09. The Morgan fingerprint density at radius 3 is 2.77 bits per heavy atom. The highest BCUT2D eigenvalue weighted by atomic mass is 32.2. The van der Waals surface area contributed by atoms with E-state index in [0.717, 1.165) is 0 Å². The second-order valence-corrected chi connectivity index (χ2v) is 4.57. The average molecular weight is 202 g/mol. The molecule has 0 spiro atoms. The summed E-state index contributed by atoms with van der Waals surface area (Å²) >= 11 is 0. The lowest BCUT2D eigenvalue weighted by Gasteiger charge is -2.27. The molecule has 0 unspecified atom stereocenters. The molecule has 7 heteroatoms. The third-order valence-electron chi connectivity index (χ3n) is 1.87. The fourth-order valence-corrected chi connectivity index (χ4v) is 2.18. The van der Waals surface area contributed by atoms with Crippen molar-refractivity contribution in [2.24, 2.45) is 0 Å². The van der Waals surface area contributed by atoms with Crippen LogP contribution in [0.25, 0.3) is 0 Å². The Hall–Kier alpha value is -0.920. The van der Waals surface area contributed by atoms with Gasteiger partial charge in [0.1, 0.15) is 0 Å². The van der Waals surface area contributed by atoms with E-state index in [9.17, 15) is 8.42 Å². The summed E-state index contributed by atoms with van der Waals surface area (Å²) in [6.07, 6.45) is 2.63. The highest BCUT2D eigenvalue weighted by molar-refractivity contribution is 7.89. The zero-order valence-corrected chi connectivity index (χ0v) is 7.63. The second-order valence-electron chi connectivity index (χ2n) is 2.89. The molecule has 2 heterocycles. The number of hydrogen-bond acceptors (Lipinski definition) is 4. The van der Waals surface area contributed by atoms with Crippen LogP contribution in [0.1, 0.15) is 0 Å². The zero-order valence-electron chi connectivity index (χ0n) is 6.82. The standard InChI is InChI=1S/C6H10N4O2S/c11-13(12,6-3-8-4-9-6)10-5-1-7-2-5/h3-5,7,10H,1-2H2,(H,8,9). The van der Waals surface area contributed by atoms with E-state index in [-0.39, 0.29) is 11.1 Å². The van der Waals surface area contributed by atoms with Gasteiger partial charge in [0.2, 0.25) is 0 Å². The molecule has 1 aliphatic rings. The predicted molar refractivity (Wildman–Crippen MR) is 45.6 cm³/mol. The SMILES string of the molecule is O=S(=O)(NC1CNC1)c1cnc[nH]1. The summed E-state index contributed by atoms with van der Waals surface area (Å²) in [6.45, 7) is 1.38. The molecule has 1 aromatic heterocycles. The highest BCUT2D eigenvalue weighted by Crippen LogP contribution is 2.04. The number of imidazole rings is 1. The Bertz CT molecular complexity index is 367. The largest absolute Gasteiger partial charge is 0.335 e. The lowest BCUT2D eigenvalue weighted by Crippen LogP contribution is -2.56. The maximum atomic E-state index is 11.5. The van der Waals surface area contributed by atoms with E-state index in [0.29, 0.717) is 13.1 Å². The summed E-state index contributed by atoms with van der Waals surface area (Å²) in [5.41, 5.74) is 0. The van der Waals surface area contributed by atoms with Gasteiger partial charge in [-0.05, 0) is 0 Å². The van der Waals surface area contributed by atoms with Crippen molar-refractivity contribution in [2.75, 3.05) is 13.1 Å². The van der Waals surface area contributed by atoms with Crippen LogP contribution in [0, 0.1) is 0 Å². The van der Waals surface area contributed by atoms with Gasteiger partial charge in [0, 0.05) is 19.1 Å². The Morgan fingerprint density at radius 1 is 1.54 bits per heavy atom. The number of aromatic nitrogens is 2. The van der Waals surface area contributed by atoms with E-state index in [1.165, 1.54) is 12.5 Å². The van der Waals surface area contributed by atoms with Crippen LogP contribution in [0.3, 0.4) is 0 Å². The molecule has 6 nitrogen and oxygen atoms in total. The first-order valence-electron chi connectivity index (χ1n) is 3.90. The van der Waals surface area contributed by atoms with Crippen LogP contribution in [0.2, 0.25) is 0 Å². The van der Waals surface area contributed by atoms with Crippen LogP contribution in [-0.2, 0) is 10.0 Å². The maximum absolute atomic E-state index is 11.5. The van der Waals surface area contributed by atoms with E-state index in [2.05, 4.69) is 20.0 Å². The van der Waals surface area contributed by atoms with Gasteiger partial charge >= 0.3 is 0 Å². The van der Waals surface area contributed by atoms with Crippen molar-refractivity contribution in [3.8, 4) is 0 Å². The summed E-state index contributed by atoms with van der Waals surface area (Å²) in [6, 6.07) is 0.00769. The quantitative estimate of drug-likeness (QED) is 0.566. The van der Waals surface area contributed by atoms with Gasteiger partial charge in [-0.2, -0.15) is 0 Å². The molecule has 1 fully saturated rings. The van der Waals surface area contributed by atoms with Crippen LogP contribution in [0.4, 0.5) is 0 Å². The second kappa shape index (κ2) is 3.09. The number of nitrogens with zero attached hydrogens (tertiary/aromatic N) is 1. The normalized spacial score (nSPS) is 18.5. The van der Waals surface area contributed by atoms with Crippen molar-refractivity contribution in [3.63, 3.8) is 0 Å². The fraction of sp³-hybridized carbons (Fsp3) is 0.500. The first-order valence-corrected chi connectivity index (χ1v) is 5.38. The van der Waals surface area contributed by atoms with Gasteiger partial charge in [-0.3, -0.25) is 0 Å². The van der Waals surface area contributed by atoms with Gasteiger partial charge in [-0.25, -0.2) is 18.1 Å². The first-order chi connectivity index (χ1) is 6.18. The van der Waals surface area contributed by atoms with Gasteiger partial charge in [-0.15, -0.1) is 0 Å². The van der Waals surface area contributed by atoms with Crippen LogP contribution in [0.15, 0.2) is 17.6 Å². The Morgan fingerprint density at radius 2 is 2.31 bits per heavy atom. The Kier molecular flexibility index (Phi) is 2.06. The van der Waals surface area contributed by atoms with Crippen LogP contribution >= 0.6 is 0 Å². The molecule has 1 aliphatic heterocycles. The minimum atomic E-state index is -3.39. The smallest absolute Gasteiger partial charge is 0.257 e. The highest BCUT2D eigenvalue weighted by Gasteiger charge is 2.24. The zero-order chi connectivity index (χ0) is 9.31. The van der Waals surface area contributed by atoms with Crippen molar-refractivity contribution < 1.29 is 8.42 Å². The Balaban J connectivity index is 2.12. The molecule has 0 aliphatic carbocycles. The molecule has 1 saturated heterocycles. The third-order valence-corrected chi connectivity index (χ3v) is 3.31. The van der Waals surface area contributed by atoms with Gasteiger partial charge in [-0.1, -0.05) is 0 Å². The molecule has 1 aromatic rings. The van der Waals surface area contributed by atoms with E-state index in [1.54, 1.807) is 0 Å². The summed E-state index contributed by atoms with van der Waals surface area (Å²) in [4.78, 5) is 6.20. The molecular weight excluding hydrogens is 192 g/mol. The number of aromatic amines is 1. The molecule has 0 saturated carbocycles. The molecule has 2 rings (SSSR count). The van der Waals surface area contributed by atoms with E-state index in [4.69, 9.17) is 0 Å². The van der Waals surface area contributed by atoms with Gasteiger partial charge in [0.15, 0.2) is 5.03 Å². The number of sulfonamides is 1. The topological polar surface area (TPSA) is 86.9 Å². The molecule has 0 bridgehead atoms.